The smallest absolute Gasteiger partial charge is 0.137 e. The Morgan fingerprint density at radius 2 is 0.457 bits per heavy atom. The van der Waals surface area contributed by atoms with Crippen LogP contribution in [0.5, 0.6) is 0 Å². The quantitative estimate of drug-likeness (QED) is 0.145. The van der Waals surface area contributed by atoms with E-state index in [1.54, 1.807) is 0 Å². The lowest BCUT2D eigenvalue weighted by Gasteiger charge is -2.15. The van der Waals surface area contributed by atoms with Crippen molar-refractivity contribution in [3.63, 3.8) is 0 Å². The largest absolute Gasteiger partial charge is 0.299 e. The summed E-state index contributed by atoms with van der Waals surface area (Å²) in [6, 6.07) is 98.2. The predicted octanol–water partition coefficient (Wildman–Crippen LogP) is 19.1. The van der Waals surface area contributed by atoms with Gasteiger partial charge < -0.3 is 0 Å². The summed E-state index contributed by atoms with van der Waals surface area (Å²) < 4.78 is 6.67. The first-order valence-electron chi connectivity index (χ1n) is 27.5. The Labute approximate surface area is 467 Å². The summed E-state index contributed by atoms with van der Waals surface area (Å²) in [7, 11) is 0. The van der Waals surface area contributed by atoms with Gasteiger partial charge in [0, 0.05) is 52.0 Å². The fraction of sp³-hybridized carbons (Fsp3) is 0. The maximum absolute atomic E-state index is 5.30. The Kier molecular flexibility index (Phi) is 10.8. The number of rotatable bonds is 9. The molecule has 6 heteroatoms. The summed E-state index contributed by atoms with van der Waals surface area (Å²) in [5.74, 6) is 0. The fourth-order valence-electron chi connectivity index (χ4n) is 12.1. The van der Waals surface area contributed by atoms with Gasteiger partial charge in [-0.3, -0.25) is 13.2 Å². The van der Waals surface area contributed by atoms with Crippen LogP contribution in [0.4, 0.5) is 0 Å². The highest BCUT2D eigenvalue weighted by Gasteiger charge is 2.22. The first-order valence-corrected chi connectivity index (χ1v) is 27.5. The lowest BCUT2D eigenvalue weighted by atomic mass is 9.90. The molecule has 0 aliphatic rings. The lowest BCUT2D eigenvalue weighted by molar-refractivity contribution is 1.19. The molecule has 0 atom stereocenters. The molecule has 81 heavy (non-hydrogen) atoms. The van der Waals surface area contributed by atoms with Gasteiger partial charge in [0.1, 0.15) is 16.9 Å². The summed E-state index contributed by atoms with van der Waals surface area (Å²) in [5, 5.41) is 7.15. The molecule has 0 spiro atoms. The van der Waals surface area contributed by atoms with Gasteiger partial charge in [0.25, 0.3) is 0 Å². The summed E-state index contributed by atoms with van der Waals surface area (Å²) in [6.45, 7) is 0. The van der Waals surface area contributed by atoms with Gasteiger partial charge in [0.2, 0.25) is 0 Å². The first kappa shape index (κ1) is 46.2. The average molecular weight is 1030 g/mol. The molecule has 16 aromatic rings. The van der Waals surface area contributed by atoms with Gasteiger partial charge in [0.15, 0.2) is 0 Å². The average Bonchev–Trinajstić information content (AvgIpc) is 4.26. The van der Waals surface area contributed by atoms with E-state index in [-0.39, 0.29) is 0 Å². The summed E-state index contributed by atoms with van der Waals surface area (Å²) in [4.78, 5) is 15.9. The van der Waals surface area contributed by atoms with Gasteiger partial charge >= 0.3 is 0 Å². The third-order valence-electron chi connectivity index (χ3n) is 16.0. The van der Waals surface area contributed by atoms with E-state index >= 15 is 0 Å². The highest BCUT2D eigenvalue weighted by Crippen LogP contribution is 2.42. The molecule has 0 bridgehead atoms. The van der Waals surface area contributed by atoms with E-state index in [1.807, 2.05) is 0 Å². The van der Waals surface area contributed by atoms with Crippen molar-refractivity contribution in [2.45, 2.75) is 0 Å². The number of nitrogens with zero attached hydrogens (tertiary/aromatic N) is 6. The second-order valence-electron chi connectivity index (χ2n) is 20.9. The van der Waals surface area contributed by atoms with Crippen molar-refractivity contribution in [3.05, 3.63) is 292 Å². The molecule has 0 amide bonds. The zero-order chi connectivity index (χ0) is 53.4. The number of benzene rings is 10. The maximum atomic E-state index is 5.30. The zero-order valence-corrected chi connectivity index (χ0v) is 43.9. The monoisotopic (exact) mass is 1030 g/mol. The Balaban J connectivity index is 0.878. The number of pyridine rings is 3. The topological polar surface area (TPSA) is 51.9 Å². The van der Waals surface area contributed by atoms with Crippen LogP contribution in [0.1, 0.15) is 0 Å². The number of aromatic nitrogens is 6. The molecule has 0 fully saturated rings. The van der Waals surface area contributed by atoms with Gasteiger partial charge in [-0.15, -0.1) is 0 Å². The van der Waals surface area contributed by atoms with E-state index in [9.17, 15) is 0 Å². The van der Waals surface area contributed by atoms with E-state index in [0.29, 0.717) is 0 Å². The third kappa shape index (κ3) is 8.08. The molecule has 0 saturated carbocycles. The molecule has 378 valence electrons. The van der Waals surface area contributed by atoms with Crippen molar-refractivity contribution < 1.29 is 0 Å². The maximum Gasteiger partial charge on any atom is 0.137 e. The van der Waals surface area contributed by atoms with Gasteiger partial charge in [-0.25, -0.2) is 15.0 Å². The highest BCUT2D eigenvalue weighted by atomic mass is 15.0. The van der Waals surface area contributed by atoms with Crippen LogP contribution in [0.3, 0.4) is 0 Å². The SMILES string of the molecule is c1cc(-c2cc(-c3cccc(-c4c(-c5ccc6ccccc6c5)nc5ccccn45)c3)cc(-c3cccc(-c4c(-c5ccc6ccccc6c5)nc5ccccn45)c3)c2)cc(-c2c(-c3ccc4ccccc4c3)nc3ccccn23)c1. The molecular weight excluding hydrogens is 985 g/mol. The van der Waals surface area contributed by atoms with Crippen LogP contribution in [0, 0.1) is 0 Å². The molecule has 0 N–H and O–H groups in total. The second-order valence-corrected chi connectivity index (χ2v) is 20.9. The predicted molar refractivity (Wildman–Crippen MR) is 334 cm³/mol. The zero-order valence-electron chi connectivity index (χ0n) is 43.9. The van der Waals surface area contributed by atoms with E-state index in [2.05, 4.69) is 305 Å². The van der Waals surface area contributed by atoms with E-state index in [0.717, 1.165) is 118 Å². The van der Waals surface area contributed by atoms with Crippen molar-refractivity contribution in [2.75, 3.05) is 0 Å². The van der Waals surface area contributed by atoms with Gasteiger partial charge in [-0.1, -0.05) is 182 Å². The van der Waals surface area contributed by atoms with Crippen LogP contribution in [-0.4, -0.2) is 28.2 Å². The van der Waals surface area contributed by atoms with Crippen molar-refractivity contribution in [1.29, 1.82) is 0 Å². The molecule has 16 rings (SSSR count). The molecule has 0 aliphatic carbocycles. The summed E-state index contributed by atoms with van der Waals surface area (Å²) in [5.41, 5.74) is 21.7. The molecular formula is C75H48N6. The molecule has 0 unspecified atom stereocenters. The van der Waals surface area contributed by atoms with Gasteiger partial charge in [-0.2, -0.15) is 0 Å². The second kappa shape index (κ2) is 18.9. The van der Waals surface area contributed by atoms with Crippen LogP contribution in [0.25, 0.3) is 150 Å². The summed E-state index contributed by atoms with van der Waals surface area (Å²) in [6.07, 6.45) is 6.37. The van der Waals surface area contributed by atoms with Crippen molar-refractivity contribution in [2.24, 2.45) is 0 Å². The molecule has 6 nitrogen and oxygen atoms in total. The fourth-order valence-corrected chi connectivity index (χ4v) is 12.1. The van der Waals surface area contributed by atoms with Gasteiger partial charge in [-0.05, 0) is 157 Å². The molecule has 6 heterocycles. The lowest BCUT2D eigenvalue weighted by Crippen LogP contribution is -1.93. The van der Waals surface area contributed by atoms with Crippen LogP contribution in [0.15, 0.2) is 292 Å². The van der Waals surface area contributed by atoms with Crippen molar-refractivity contribution >= 4 is 49.3 Å². The van der Waals surface area contributed by atoms with E-state index in [4.69, 9.17) is 15.0 Å². The Morgan fingerprint density at radius 1 is 0.185 bits per heavy atom. The highest BCUT2D eigenvalue weighted by molar-refractivity contribution is 5.95. The number of hydrogen-bond acceptors (Lipinski definition) is 3. The first-order chi connectivity index (χ1) is 40.1. The third-order valence-corrected chi connectivity index (χ3v) is 16.0. The number of fused-ring (bicyclic) bond motifs is 6. The Hall–Kier alpha value is -11.0. The van der Waals surface area contributed by atoms with Crippen LogP contribution in [-0.2, 0) is 0 Å². The number of imidazole rings is 3. The van der Waals surface area contributed by atoms with E-state index < -0.39 is 0 Å². The van der Waals surface area contributed by atoms with Crippen LogP contribution < -0.4 is 0 Å². The standard InChI is InChI=1S/C75H48N6/c1-4-19-52-40-58(34-31-49(52)16-1)70-73(79-37-10-7-28-67(79)76-70)61-25-13-22-55(43-61)64-46-65(56-23-14-26-62(44-56)74-71(77-68-29-8-11-38-80(68)74)59-35-32-50-17-2-5-20-53(50)41-59)48-66(47-64)57-24-15-27-63(45-57)75-72(78-69-30-9-12-39-81(69)75)60-36-33-51-18-3-6-21-54(51)42-60/h1-48H. The van der Waals surface area contributed by atoms with Crippen LogP contribution in [0.2, 0.25) is 0 Å². The normalized spacial score (nSPS) is 11.7. The van der Waals surface area contributed by atoms with Crippen molar-refractivity contribution in [1.82, 2.24) is 28.2 Å². The Bertz CT molecular complexity index is 4630. The molecule has 0 radical (unpaired) electrons. The molecule has 10 aromatic carbocycles. The summed E-state index contributed by atoms with van der Waals surface area (Å²) >= 11 is 0. The molecule has 0 saturated heterocycles. The van der Waals surface area contributed by atoms with Gasteiger partial charge in [0.05, 0.1) is 34.2 Å². The molecule has 6 aromatic heterocycles. The van der Waals surface area contributed by atoms with Crippen molar-refractivity contribution in [3.8, 4) is 101 Å². The minimum atomic E-state index is 0.898. The van der Waals surface area contributed by atoms with E-state index in [1.165, 1.54) is 32.3 Å². The molecule has 0 aliphatic heterocycles. The number of hydrogen-bond donors (Lipinski definition) is 0. The minimum absolute atomic E-state index is 0.898. The van der Waals surface area contributed by atoms with Crippen LogP contribution >= 0.6 is 0 Å². The minimum Gasteiger partial charge on any atom is -0.299 e. The Morgan fingerprint density at radius 3 is 0.778 bits per heavy atom.